The van der Waals surface area contributed by atoms with E-state index >= 15 is 0 Å². The van der Waals surface area contributed by atoms with Gasteiger partial charge in [0.25, 0.3) is 0 Å². The number of carbonyl (C=O) groups excluding carboxylic acids is 1. The highest BCUT2D eigenvalue weighted by molar-refractivity contribution is 5.79. The zero-order chi connectivity index (χ0) is 13.8. The topological polar surface area (TPSA) is 46.3 Å². The molecule has 1 unspecified atom stereocenters. The van der Waals surface area contributed by atoms with Crippen LogP contribution in [0.1, 0.15) is 29.5 Å². The molecule has 0 bridgehead atoms. The van der Waals surface area contributed by atoms with Gasteiger partial charge in [-0.3, -0.25) is 4.79 Å². The summed E-state index contributed by atoms with van der Waals surface area (Å²) in [6.45, 7) is 6.46. The van der Waals surface area contributed by atoms with E-state index in [1.54, 1.807) is 0 Å². The molecule has 1 heterocycles. The molecular weight excluding hydrogens is 236 g/mol. The maximum atomic E-state index is 12.4. The Morgan fingerprint density at radius 1 is 1.26 bits per heavy atom. The van der Waals surface area contributed by atoms with Crippen LogP contribution < -0.4 is 5.73 Å². The Balaban J connectivity index is 2.05. The zero-order valence-electron chi connectivity index (χ0n) is 12.0. The molecule has 19 heavy (non-hydrogen) atoms. The molecule has 2 N–H and O–H groups in total. The molecule has 2 rings (SSSR count). The first-order valence-corrected chi connectivity index (χ1v) is 7.17. The summed E-state index contributed by atoms with van der Waals surface area (Å²) in [5.41, 5.74) is 9.59. The fourth-order valence-corrected chi connectivity index (χ4v) is 2.68. The molecule has 1 aromatic rings. The molecule has 1 amide bonds. The van der Waals surface area contributed by atoms with Crippen molar-refractivity contribution in [2.24, 2.45) is 11.7 Å². The van der Waals surface area contributed by atoms with E-state index in [2.05, 4.69) is 32.0 Å². The third kappa shape index (κ3) is 3.35. The Kier molecular flexibility index (Phi) is 4.59. The van der Waals surface area contributed by atoms with E-state index in [9.17, 15) is 4.79 Å². The van der Waals surface area contributed by atoms with E-state index in [-0.39, 0.29) is 11.8 Å². The lowest BCUT2D eigenvalue weighted by molar-refractivity contribution is -0.134. The zero-order valence-corrected chi connectivity index (χ0v) is 12.0. The van der Waals surface area contributed by atoms with Crippen LogP contribution in [0.15, 0.2) is 18.2 Å². The summed E-state index contributed by atoms with van der Waals surface area (Å²) in [5, 5.41) is 0. The number of nitrogens with zero attached hydrogens (tertiary/aromatic N) is 1. The number of aryl methyl sites for hydroxylation is 2. The van der Waals surface area contributed by atoms with E-state index in [1.807, 2.05) is 4.90 Å². The van der Waals surface area contributed by atoms with Crippen LogP contribution >= 0.6 is 0 Å². The highest BCUT2D eigenvalue weighted by Crippen LogP contribution is 2.17. The number of carbonyl (C=O) groups is 1. The van der Waals surface area contributed by atoms with Crippen LogP contribution in [0.4, 0.5) is 0 Å². The molecule has 1 atom stereocenters. The van der Waals surface area contributed by atoms with Gasteiger partial charge in [0.15, 0.2) is 0 Å². The van der Waals surface area contributed by atoms with Crippen LogP contribution in [0.25, 0.3) is 0 Å². The molecule has 104 valence electrons. The van der Waals surface area contributed by atoms with Crippen LogP contribution in [0.2, 0.25) is 0 Å². The van der Waals surface area contributed by atoms with Gasteiger partial charge >= 0.3 is 0 Å². The van der Waals surface area contributed by atoms with Crippen molar-refractivity contribution in [3.8, 4) is 0 Å². The lowest BCUT2D eigenvalue weighted by Gasteiger charge is -2.22. The maximum Gasteiger partial charge on any atom is 0.227 e. The highest BCUT2D eigenvalue weighted by atomic mass is 16.2. The smallest absolute Gasteiger partial charge is 0.227 e. The minimum absolute atomic E-state index is 0.0693. The number of likely N-dealkylation sites (tertiary alicyclic amines) is 1. The van der Waals surface area contributed by atoms with Gasteiger partial charge in [-0.25, -0.2) is 0 Å². The predicted molar refractivity (Wildman–Crippen MR) is 78.0 cm³/mol. The minimum atomic E-state index is -0.0693. The summed E-state index contributed by atoms with van der Waals surface area (Å²) in [6, 6.07) is 6.41. The Morgan fingerprint density at radius 2 is 1.95 bits per heavy atom. The first-order valence-electron chi connectivity index (χ1n) is 7.17. The SMILES string of the molecule is Cc1ccc(CC(CN)C(=O)N2CCCC2)cc1C. The van der Waals surface area contributed by atoms with Crippen molar-refractivity contribution in [1.82, 2.24) is 4.90 Å². The van der Waals surface area contributed by atoms with Crippen LogP contribution in [0.5, 0.6) is 0 Å². The molecule has 1 aromatic carbocycles. The van der Waals surface area contributed by atoms with Gasteiger partial charge in [0.2, 0.25) is 5.91 Å². The van der Waals surface area contributed by atoms with Gasteiger partial charge in [0.05, 0.1) is 5.92 Å². The van der Waals surface area contributed by atoms with Crippen molar-refractivity contribution in [3.63, 3.8) is 0 Å². The summed E-state index contributed by atoms with van der Waals surface area (Å²) in [7, 11) is 0. The molecule has 0 saturated carbocycles. The number of benzene rings is 1. The van der Waals surface area contributed by atoms with Gasteiger partial charge in [-0.2, -0.15) is 0 Å². The molecule has 0 aliphatic carbocycles. The summed E-state index contributed by atoms with van der Waals surface area (Å²) < 4.78 is 0. The molecular formula is C16H24N2O. The van der Waals surface area contributed by atoms with Crippen molar-refractivity contribution in [2.75, 3.05) is 19.6 Å². The molecule has 0 radical (unpaired) electrons. The van der Waals surface area contributed by atoms with Crippen molar-refractivity contribution in [2.45, 2.75) is 33.1 Å². The summed E-state index contributed by atoms with van der Waals surface area (Å²) in [6.07, 6.45) is 3.02. The average Bonchev–Trinajstić information content (AvgIpc) is 2.93. The average molecular weight is 260 g/mol. The molecule has 3 heteroatoms. The monoisotopic (exact) mass is 260 g/mol. The van der Waals surface area contributed by atoms with Crippen LogP contribution in [-0.4, -0.2) is 30.4 Å². The van der Waals surface area contributed by atoms with E-state index < -0.39 is 0 Å². The summed E-state index contributed by atoms with van der Waals surface area (Å²) in [4.78, 5) is 14.3. The second-order valence-electron chi connectivity index (χ2n) is 5.59. The van der Waals surface area contributed by atoms with E-state index in [0.29, 0.717) is 6.54 Å². The second-order valence-corrected chi connectivity index (χ2v) is 5.59. The number of hydrogen-bond acceptors (Lipinski definition) is 2. The molecule has 1 aliphatic heterocycles. The number of hydrogen-bond donors (Lipinski definition) is 1. The van der Waals surface area contributed by atoms with Gasteiger partial charge in [0.1, 0.15) is 0 Å². The van der Waals surface area contributed by atoms with Crippen molar-refractivity contribution >= 4 is 5.91 Å². The molecule has 1 fully saturated rings. The fourth-order valence-electron chi connectivity index (χ4n) is 2.68. The first kappa shape index (κ1) is 14.1. The highest BCUT2D eigenvalue weighted by Gasteiger charge is 2.25. The van der Waals surface area contributed by atoms with Gasteiger partial charge in [-0.05, 0) is 49.8 Å². The molecule has 1 saturated heterocycles. The van der Waals surface area contributed by atoms with Gasteiger partial charge in [-0.15, -0.1) is 0 Å². The molecule has 1 aliphatic rings. The summed E-state index contributed by atoms with van der Waals surface area (Å²) >= 11 is 0. The number of rotatable bonds is 4. The Hall–Kier alpha value is -1.35. The van der Waals surface area contributed by atoms with Crippen LogP contribution in [0, 0.1) is 19.8 Å². The van der Waals surface area contributed by atoms with E-state index in [0.717, 1.165) is 32.4 Å². The van der Waals surface area contributed by atoms with Gasteiger partial charge < -0.3 is 10.6 Å². The first-order chi connectivity index (χ1) is 9.11. The van der Waals surface area contributed by atoms with Gasteiger partial charge in [0, 0.05) is 19.6 Å². The normalized spacial score (nSPS) is 16.7. The number of amides is 1. The summed E-state index contributed by atoms with van der Waals surface area (Å²) in [5.74, 6) is 0.165. The van der Waals surface area contributed by atoms with E-state index in [4.69, 9.17) is 5.73 Å². The number of nitrogens with two attached hydrogens (primary N) is 1. The quantitative estimate of drug-likeness (QED) is 0.900. The molecule has 3 nitrogen and oxygen atoms in total. The largest absolute Gasteiger partial charge is 0.342 e. The minimum Gasteiger partial charge on any atom is -0.342 e. The Morgan fingerprint density at radius 3 is 2.53 bits per heavy atom. The molecule has 0 spiro atoms. The fraction of sp³-hybridized carbons (Fsp3) is 0.562. The standard InChI is InChI=1S/C16H24N2O/c1-12-5-6-14(9-13(12)2)10-15(11-17)16(19)18-7-3-4-8-18/h5-6,9,15H,3-4,7-8,10-11,17H2,1-2H3. The molecule has 0 aromatic heterocycles. The lowest BCUT2D eigenvalue weighted by atomic mass is 9.95. The van der Waals surface area contributed by atoms with Gasteiger partial charge in [-0.1, -0.05) is 18.2 Å². The van der Waals surface area contributed by atoms with Crippen molar-refractivity contribution < 1.29 is 4.79 Å². The Labute approximate surface area is 115 Å². The van der Waals surface area contributed by atoms with Crippen molar-refractivity contribution in [3.05, 3.63) is 34.9 Å². The predicted octanol–water partition coefficient (Wildman–Crippen LogP) is 2.04. The lowest BCUT2D eigenvalue weighted by Crippen LogP contribution is -2.38. The Bertz CT molecular complexity index is 450. The van der Waals surface area contributed by atoms with Crippen LogP contribution in [0.3, 0.4) is 0 Å². The third-order valence-electron chi connectivity index (χ3n) is 4.10. The second kappa shape index (κ2) is 6.20. The van der Waals surface area contributed by atoms with Crippen molar-refractivity contribution in [1.29, 1.82) is 0 Å². The maximum absolute atomic E-state index is 12.4. The van der Waals surface area contributed by atoms with Crippen LogP contribution in [-0.2, 0) is 11.2 Å². The van der Waals surface area contributed by atoms with E-state index in [1.165, 1.54) is 16.7 Å². The third-order valence-corrected chi connectivity index (χ3v) is 4.10.